The lowest BCUT2D eigenvalue weighted by Crippen LogP contribution is -2.29. The van der Waals surface area contributed by atoms with Crippen molar-refractivity contribution in [2.75, 3.05) is 0 Å². The van der Waals surface area contributed by atoms with Gasteiger partial charge in [0, 0.05) is 0 Å². The van der Waals surface area contributed by atoms with Gasteiger partial charge in [-0.2, -0.15) is 0 Å². The number of hydrogen-bond acceptors (Lipinski definition) is 2. The molecule has 2 nitrogen and oxygen atoms in total. The first kappa shape index (κ1) is 11.4. The number of nitrogens with one attached hydrogen (secondary N) is 1. The molecule has 0 amide bonds. The average molecular weight is 256 g/mol. The van der Waals surface area contributed by atoms with E-state index in [9.17, 15) is 0 Å². The molecule has 1 heterocycles. The summed E-state index contributed by atoms with van der Waals surface area (Å²) in [7, 11) is 0. The summed E-state index contributed by atoms with van der Waals surface area (Å²) >= 11 is 3.27. The second-order valence-electron chi connectivity index (χ2n) is 3.16. The van der Waals surface area contributed by atoms with Crippen LogP contribution in [0.25, 0.3) is 0 Å². The lowest BCUT2D eigenvalue weighted by Gasteiger charge is -2.15. The van der Waals surface area contributed by atoms with Crippen molar-refractivity contribution in [1.29, 1.82) is 0 Å². The van der Waals surface area contributed by atoms with Crippen LogP contribution in [-0.4, -0.2) is 6.04 Å². The largest absolute Gasteiger partial charge is 0.453 e. The maximum Gasteiger partial charge on any atom is 0.169 e. The van der Waals surface area contributed by atoms with Crippen LogP contribution in [0.4, 0.5) is 0 Å². The normalized spacial score (nSPS) is 14.7. The first-order valence-electron chi connectivity index (χ1n) is 4.64. The molecule has 0 aliphatic rings. The van der Waals surface area contributed by atoms with Crippen LogP contribution in [0.5, 0.6) is 0 Å². The Hall–Kier alpha value is -0.720. The highest BCUT2D eigenvalue weighted by molar-refractivity contribution is 9.10. The summed E-state index contributed by atoms with van der Waals surface area (Å²) in [5.74, 6) is 3.59. The molecule has 0 aliphatic heterocycles. The van der Waals surface area contributed by atoms with E-state index in [0.717, 1.165) is 16.9 Å². The fourth-order valence-electron chi connectivity index (χ4n) is 1.23. The van der Waals surface area contributed by atoms with Crippen LogP contribution in [0.3, 0.4) is 0 Å². The highest BCUT2D eigenvalue weighted by Gasteiger charge is 2.12. The molecule has 0 radical (unpaired) electrons. The van der Waals surface area contributed by atoms with Gasteiger partial charge in [0.05, 0.1) is 12.1 Å². The smallest absolute Gasteiger partial charge is 0.169 e. The van der Waals surface area contributed by atoms with Gasteiger partial charge < -0.3 is 4.42 Å². The van der Waals surface area contributed by atoms with Gasteiger partial charge in [-0.25, -0.2) is 0 Å². The molecule has 0 aliphatic carbocycles. The Morgan fingerprint density at radius 2 is 2.36 bits per heavy atom. The highest BCUT2D eigenvalue weighted by atomic mass is 79.9. The SMILES string of the molecule is C#CC(CC)NC(C)c1ccc(Br)o1. The molecule has 0 aromatic carbocycles. The monoisotopic (exact) mass is 255 g/mol. The van der Waals surface area contributed by atoms with Crippen molar-refractivity contribution in [2.45, 2.75) is 32.4 Å². The Morgan fingerprint density at radius 1 is 1.64 bits per heavy atom. The fraction of sp³-hybridized carbons (Fsp3) is 0.455. The van der Waals surface area contributed by atoms with Crippen LogP contribution in [-0.2, 0) is 0 Å². The van der Waals surface area contributed by atoms with E-state index in [2.05, 4.69) is 34.1 Å². The van der Waals surface area contributed by atoms with Gasteiger partial charge in [-0.15, -0.1) is 6.42 Å². The van der Waals surface area contributed by atoms with E-state index >= 15 is 0 Å². The third-order valence-corrected chi connectivity index (χ3v) is 2.51. The fourth-order valence-corrected chi connectivity index (χ4v) is 1.55. The average Bonchev–Trinajstić information content (AvgIpc) is 2.61. The van der Waals surface area contributed by atoms with E-state index in [4.69, 9.17) is 10.8 Å². The Labute approximate surface area is 93.2 Å². The van der Waals surface area contributed by atoms with Crippen molar-refractivity contribution in [3.63, 3.8) is 0 Å². The molecule has 1 rings (SSSR count). The van der Waals surface area contributed by atoms with Crippen molar-refractivity contribution >= 4 is 15.9 Å². The van der Waals surface area contributed by atoms with Crippen molar-refractivity contribution in [3.05, 3.63) is 22.6 Å². The summed E-state index contributed by atoms with van der Waals surface area (Å²) in [5, 5.41) is 3.30. The van der Waals surface area contributed by atoms with Gasteiger partial charge in [0.2, 0.25) is 0 Å². The molecule has 0 saturated carbocycles. The van der Waals surface area contributed by atoms with E-state index in [1.165, 1.54) is 0 Å². The molecule has 3 heteroatoms. The number of terminal acetylenes is 1. The van der Waals surface area contributed by atoms with E-state index in [-0.39, 0.29) is 12.1 Å². The third-order valence-electron chi connectivity index (χ3n) is 2.08. The Morgan fingerprint density at radius 3 is 2.79 bits per heavy atom. The zero-order valence-electron chi connectivity index (χ0n) is 8.38. The van der Waals surface area contributed by atoms with Crippen LogP contribution >= 0.6 is 15.9 Å². The van der Waals surface area contributed by atoms with Crippen LogP contribution in [0, 0.1) is 12.3 Å². The minimum atomic E-state index is 0.105. The van der Waals surface area contributed by atoms with Crippen molar-refractivity contribution in [3.8, 4) is 12.3 Å². The van der Waals surface area contributed by atoms with Crippen molar-refractivity contribution < 1.29 is 4.42 Å². The van der Waals surface area contributed by atoms with Crippen LogP contribution in [0.2, 0.25) is 0 Å². The zero-order chi connectivity index (χ0) is 10.6. The molecule has 0 spiro atoms. The predicted molar refractivity (Wildman–Crippen MR) is 60.9 cm³/mol. The first-order chi connectivity index (χ1) is 6.67. The maximum absolute atomic E-state index is 5.42. The molecule has 1 aromatic rings. The minimum Gasteiger partial charge on any atom is -0.453 e. The lowest BCUT2D eigenvalue weighted by atomic mass is 10.2. The topological polar surface area (TPSA) is 25.2 Å². The molecule has 2 atom stereocenters. The number of hydrogen-bond donors (Lipinski definition) is 1. The molecular weight excluding hydrogens is 242 g/mol. The van der Waals surface area contributed by atoms with Gasteiger partial charge in [-0.3, -0.25) is 5.32 Å². The highest BCUT2D eigenvalue weighted by Crippen LogP contribution is 2.20. The lowest BCUT2D eigenvalue weighted by molar-refractivity contribution is 0.402. The third kappa shape index (κ3) is 2.90. The standard InChI is InChI=1S/C11H14BrNO/c1-4-9(5-2)13-8(3)10-6-7-11(12)14-10/h1,6-9,13H,5H2,2-3H3. The van der Waals surface area contributed by atoms with Crippen LogP contribution in [0.1, 0.15) is 32.1 Å². The predicted octanol–water partition coefficient (Wildman–Crippen LogP) is 3.10. The second-order valence-corrected chi connectivity index (χ2v) is 3.94. The van der Waals surface area contributed by atoms with Crippen LogP contribution in [0.15, 0.2) is 21.2 Å². The summed E-state index contributed by atoms with van der Waals surface area (Å²) in [6.45, 7) is 4.09. The van der Waals surface area contributed by atoms with Gasteiger partial charge >= 0.3 is 0 Å². The summed E-state index contributed by atoms with van der Waals surface area (Å²) in [6.07, 6.45) is 6.28. The minimum absolute atomic E-state index is 0.105. The number of halogens is 1. The van der Waals surface area contributed by atoms with Gasteiger partial charge in [0.15, 0.2) is 4.67 Å². The Kier molecular flexibility index (Phi) is 4.24. The molecule has 1 N–H and O–H groups in total. The summed E-state index contributed by atoms with van der Waals surface area (Å²) in [6, 6.07) is 4.06. The van der Waals surface area contributed by atoms with E-state index in [0.29, 0.717) is 0 Å². The maximum atomic E-state index is 5.42. The summed E-state index contributed by atoms with van der Waals surface area (Å²) < 4.78 is 6.17. The van der Waals surface area contributed by atoms with E-state index in [1.54, 1.807) is 0 Å². The van der Waals surface area contributed by atoms with E-state index < -0.39 is 0 Å². The molecule has 0 bridgehead atoms. The molecular formula is C11H14BrNO. The van der Waals surface area contributed by atoms with Gasteiger partial charge in [-0.05, 0) is 41.4 Å². The van der Waals surface area contributed by atoms with Crippen molar-refractivity contribution in [1.82, 2.24) is 5.32 Å². The first-order valence-corrected chi connectivity index (χ1v) is 5.44. The van der Waals surface area contributed by atoms with Crippen LogP contribution < -0.4 is 5.32 Å². The molecule has 14 heavy (non-hydrogen) atoms. The molecule has 0 saturated heterocycles. The Balaban J connectivity index is 2.58. The Bertz CT molecular complexity index is 326. The van der Waals surface area contributed by atoms with Gasteiger partial charge in [0.25, 0.3) is 0 Å². The molecule has 2 unspecified atom stereocenters. The number of furan rings is 1. The quantitative estimate of drug-likeness (QED) is 0.837. The number of rotatable bonds is 4. The van der Waals surface area contributed by atoms with Gasteiger partial charge in [-0.1, -0.05) is 12.8 Å². The van der Waals surface area contributed by atoms with Gasteiger partial charge in [0.1, 0.15) is 5.76 Å². The zero-order valence-corrected chi connectivity index (χ0v) is 9.97. The van der Waals surface area contributed by atoms with E-state index in [1.807, 2.05) is 19.1 Å². The molecule has 0 fully saturated rings. The summed E-state index contributed by atoms with van der Waals surface area (Å²) in [4.78, 5) is 0. The summed E-state index contributed by atoms with van der Waals surface area (Å²) in [5.41, 5.74) is 0. The van der Waals surface area contributed by atoms with Crippen molar-refractivity contribution in [2.24, 2.45) is 0 Å². The molecule has 76 valence electrons. The molecule has 1 aromatic heterocycles. The second kappa shape index (κ2) is 5.23.